The summed E-state index contributed by atoms with van der Waals surface area (Å²) < 4.78 is 5.36. The standard InChI is InChI=1S/C14H17N3O2/c1-9(18)19-13-4-6-15-12(13)7-10-8-17-14-11(10)3-2-5-16-14/h2-3,5,8,12-13,15H,4,6-7H2,1H3,(H,16,17)/t12-,13+/m1/s1. The normalized spacial score (nSPS) is 22.8. The Morgan fingerprint density at radius 3 is 3.32 bits per heavy atom. The van der Waals surface area contributed by atoms with Gasteiger partial charge in [-0.3, -0.25) is 4.79 Å². The van der Waals surface area contributed by atoms with Gasteiger partial charge >= 0.3 is 5.97 Å². The Balaban J connectivity index is 1.78. The van der Waals surface area contributed by atoms with Gasteiger partial charge in [-0.2, -0.15) is 0 Å². The zero-order chi connectivity index (χ0) is 13.2. The van der Waals surface area contributed by atoms with Gasteiger partial charge in [0, 0.05) is 30.7 Å². The summed E-state index contributed by atoms with van der Waals surface area (Å²) in [4.78, 5) is 18.5. The van der Waals surface area contributed by atoms with Crippen molar-refractivity contribution in [3.63, 3.8) is 0 Å². The third kappa shape index (κ3) is 2.46. The van der Waals surface area contributed by atoms with Crippen molar-refractivity contribution >= 4 is 17.0 Å². The number of hydrogen-bond acceptors (Lipinski definition) is 4. The second-order valence-corrected chi connectivity index (χ2v) is 4.91. The summed E-state index contributed by atoms with van der Waals surface area (Å²) >= 11 is 0. The number of H-pyrrole nitrogens is 1. The maximum absolute atomic E-state index is 11.1. The highest BCUT2D eigenvalue weighted by molar-refractivity contribution is 5.79. The molecule has 0 saturated carbocycles. The molecule has 0 aliphatic carbocycles. The minimum atomic E-state index is -0.209. The summed E-state index contributed by atoms with van der Waals surface area (Å²) in [5, 5.41) is 4.54. The number of rotatable bonds is 3. The molecule has 0 spiro atoms. The first-order valence-corrected chi connectivity index (χ1v) is 6.55. The summed E-state index contributed by atoms with van der Waals surface area (Å²) in [5.41, 5.74) is 2.11. The average molecular weight is 259 g/mol. The van der Waals surface area contributed by atoms with Gasteiger partial charge in [0.25, 0.3) is 0 Å². The van der Waals surface area contributed by atoms with Crippen LogP contribution in [-0.2, 0) is 16.0 Å². The highest BCUT2D eigenvalue weighted by atomic mass is 16.5. The lowest BCUT2D eigenvalue weighted by molar-refractivity contribution is -0.146. The second kappa shape index (κ2) is 5.01. The topological polar surface area (TPSA) is 67.0 Å². The van der Waals surface area contributed by atoms with Gasteiger partial charge < -0.3 is 15.0 Å². The van der Waals surface area contributed by atoms with Crippen LogP contribution in [0.1, 0.15) is 18.9 Å². The summed E-state index contributed by atoms with van der Waals surface area (Å²) in [5.74, 6) is -0.209. The number of pyridine rings is 1. The van der Waals surface area contributed by atoms with Crippen molar-refractivity contribution in [2.75, 3.05) is 6.54 Å². The molecule has 1 saturated heterocycles. The predicted octanol–water partition coefficient (Wildman–Crippen LogP) is 1.40. The second-order valence-electron chi connectivity index (χ2n) is 4.91. The van der Waals surface area contributed by atoms with E-state index in [1.54, 1.807) is 6.20 Å². The number of carbonyl (C=O) groups excluding carboxylic acids is 1. The molecular weight excluding hydrogens is 242 g/mol. The molecule has 1 aliphatic rings. The van der Waals surface area contributed by atoms with E-state index in [2.05, 4.69) is 21.4 Å². The number of aromatic nitrogens is 2. The molecule has 0 bridgehead atoms. The molecule has 0 amide bonds. The molecule has 1 aliphatic heterocycles. The number of esters is 1. The molecule has 2 N–H and O–H groups in total. The van der Waals surface area contributed by atoms with E-state index in [4.69, 9.17) is 4.74 Å². The molecule has 2 aromatic heterocycles. The van der Waals surface area contributed by atoms with Gasteiger partial charge in [0.2, 0.25) is 0 Å². The van der Waals surface area contributed by atoms with Gasteiger partial charge in [-0.25, -0.2) is 4.98 Å². The minimum absolute atomic E-state index is 0.0286. The molecule has 1 fully saturated rings. The Morgan fingerprint density at radius 2 is 2.47 bits per heavy atom. The van der Waals surface area contributed by atoms with Crippen LogP contribution in [0.15, 0.2) is 24.5 Å². The largest absolute Gasteiger partial charge is 0.461 e. The van der Waals surface area contributed by atoms with Gasteiger partial charge in [0.1, 0.15) is 11.8 Å². The number of aromatic amines is 1. The summed E-state index contributed by atoms with van der Waals surface area (Å²) in [6, 6.07) is 4.18. The number of hydrogen-bond donors (Lipinski definition) is 2. The zero-order valence-corrected chi connectivity index (χ0v) is 10.8. The van der Waals surface area contributed by atoms with E-state index >= 15 is 0 Å². The quantitative estimate of drug-likeness (QED) is 0.818. The van der Waals surface area contributed by atoms with Crippen LogP contribution in [0.2, 0.25) is 0 Å². The zero-order valence-electron chi connectivity index (χ0n) is 10.8. The number of carbonyl (C=O) groups is 1. The molecule has 5 heteroatoms. The number of ether oxygens (including phenoxy) is 1. The van der Waals surface area contributed by atoms with Gasteiger partial charge in [0.15, 0.2) is 0 Å². The highest BCUT2D eigenvalue weighted by Gasteiger charge is 2.29. The third-order valence-electron chi connectivity index (χ3n) is 3.58. The van der Waals surface area contributed by atoms with Crippen LogP contribution in [0.5, 0.6) is 0 Å². The number of nitrogens with zero attached hydrogens (tertiary/aromatic N) is 1. The van der Waals surface area contributed by atoms with E-state index in [-0.39, 0.29) is 18.1 Å². The van der Waals surface area contributed by atoms with Gasteiger partial charge in [-0.15, -0.1) is 0 Å². The summed E-state index contributed by atoms with van der Waals surface area (Å²) in [6.45, 7) is 2.36. The van der Waals surface area contributed by atoms with Crippen LogP contribution in [0.3, 0.4) is 0 Å². The maximum Gasteiger partial charge on any atom is 0.302 e. The summed E-state index contributed by atoms with van der Waals surface area (Å²) in [7, 11) is 0. The summed E-state index contributed by atoms with van der Waals surface area (Å²) in [6.07, 6.45) is 5.45. The fraction of sp³-hybridized carbons (Fsp3) is 0.429. The first-order chi connectivity index (χ1) is 9.24. The maximum atomic E-state index is 11.1. The molecule has 100 valence electrons. The van der Waals surface area contributed by atoms with E-state index in [1.807, 2.05) is 12.3 Å². The van der Waals surface area contributed by atoms with Crippen molar-refractivity contribution in [1.82, 2.24) is 15.3 Å². The van der Waals surface area contributed by atoms with E-state index in [1.165, 1.54) is 12.5 Å². The van der Waals surface area contributed by atoms with E-state index in [0.29, 0.717) is 0 Å². The van der Waals surface area contributed by atoms with Crippen LogP contribution in [0.4, 0.5) is 0 Å². The number of nitrogens with one attached hydrogen (secondary N) is 2. The molecule has 3 rings (SSSR count). The van der Waals surface area contributed by atoms with Gasteiger partial charge in [0.05, 0.1) is 0 Å². The van der Waals surface area contributed by atoms with Crippen molar-refractivity contribution in [3.8, 4) is 0 Å². The molecule has 2 aromatic rings. The monoisotopic (exact) mass is 259 g/mol. The lowest BCUT2D eigenvalue weighted by Gasteiger charge is -2.18. The molecule has 3 heterocycles. The number of fused-ring (bicyclic) bond motifs is 1. The lowest BCUT2D eigenvalue weighted by Crippen LogP contribution is -2.35. The molecule has 0 radical (unpaired) electrons. The van der Waals surface area contributed by atoms with Crippen molar-refractivity contribution in [1.29, 1.82) is 0 Å². The lowest BCUT2D eigenvalue weighted by atomic mass is 10.0. The molecule has 2 atom stereocenters. The van der Waals surface area contributed by atoms with Crippen molar-refractivity contribution in [2.24, 2.45) is 0 Å². The Kier molecular flexibility index (Phi) is 3.21. The fourth-order valence-corrected chi connectivity index (χ4v) is 2.72. The Morgan fingerprint density at radius 1 is 1.58 bits per heavy atom. The average Bonchev–Trinajstić information content (AvgIpc) is 2.98. The smallest absolute Gasteiger partial charge is 0.302 e. The van der Waals surface area contributed by atoms with Crippen LogP contribution in [0.25, 0.3) is 11.0 Å². The highest BCUT2D eigenvalue weighted by Crippen LogP contribution is 2.21. The van der Waals surface area contributed by atoms with Crippen molar-refractivity contribution in [3.05, 3.63) is 30.1 Å². The third-order valence-corrected chi connectivity index (χ3v) is 3.58. The van der Waals surface area contributed by atoms with Crippen molar-refractivity contribution in [2.45, 2.75) is 31.9 Å². The van der Waals surface area contributed by atoms with Crippen LogP contribution in [0, 0.1) is 0 Å². The molecule has 19 heavy (non-hydrogen) atoms. The Bertz CT molecular complexity index is 593. The van der Waals surface area contributed by atoms with Crippen molar-refractivity contribution < 1.29 is 9.53 Å². The predicted molar refractivity (Wildman–Crippen MR) is 71.8 cm³/mol. The molecular formula is C14H17N3O2. The first kappa shape index (κ1) is 12.2. The van der Waals surface area contributed by atoms with Crippen LogP contribution < -0.4 is 5.32 Å². The molecule has 0 aromatic carbocycles. The van der Waals surface area contributed by atoms with E-state index in [9.17, 15) is 4.79 Å². The Labute approximate surface area is 111 Å². The van der Waals surface area contributed by atoms with Crippen LogP contribution >= 0.6 is 0 Å². The minimum Gasteiger partial charge on any atom is -0.461 e. The molecule has 0 unspecified atom stereocenters. The van der Waals surface area contributed by atoms with E-state index in [0.717, 1.165) is 30.4 Å². The molecule has 5 nitrogen and oxygen atoms in total. The van der Waals surface area contributed by atoms with Gasteiger partial charge in [-0.1, -0.05) is 0 Å². The fourth-order valence-electron chi connectivity index (χ4n) is 2.72. The van der Waals surface area contributed by atoms with E-state index < -0.39 is 0 Å². The van der Waals surface area contributed by atoms with Gasteiger partial charge in [-0.05, 0) is 37.1 Å². The van der Waals surface area contributed by atoms with Crippen LogP contribution in [-0.4, -0.2) is 34.6 Å². The SMILES string of the molecule is CC(=O)O[C@H]1CCN[C@@H]1Cc1c[nH]c2ncccc12. The first-order valence-electron chi connectivity index (χ1n) is 6.55. The Hall–Kier alpha value is -1.88.